The highest BCUT2D eigenvalue weighted by Gasteiger charge is 2.52. The Hall–Kier alpha value is -3.14. The summed E-state index contributed by atoms with van der Waals surface area (Å²) in [5, 5.41) is 0. The highest BCUT2D eigenvalue weighted by Crippen LogP contribution is 2.63. The molecule has 256 valence electrons. The maximum Gasteiger partial charge on any atom is 0.249 e. The Morgan fingerprint density at radius 1 is 0.449 bits per heavy atom. The largest absolute Gasteiger partial charge is 0.319 e. The van der Waals surface area contributed by atoms with Gasteiger partial charge in [-0.25, -0.2) is 0 Å². The third-order valence-electron chi connectivity index (χ3n) is 10.7. The van der Waals surface area contributed by atoms with E-state index in [9.17, 15) is 0 Å². The van der Waals surface area contributed by atoms with Gasteiger partial charge in [0.15, 0.2) is 0 Å². The van der Waals surface area contributed by atoms with E-state index in [-0.39, 0.29) is 12.2 Å². The number of nitrogens with zero attached hydrogens (tertiary/aromatic N) is 4. The molecule has 2 saturated heterocycles. The van der Waals surface area contributed by atoms with E-state index in [0.29, 0.717) is 24.2 Å². The highest BCUT2D eigenvalue weighted by atomic mass is 31.2. The van der Waals surface area contributed by atoms with Crippen molar-refractivity contribution in [3.63, 3.8) is 0 Å². The third-order valence-corrected chi connectivity index (χ3v) is 15.4. The van der Waals surface area contributed by atoms with Gasteiger partial charge in [0.1, 0.15) is 0 Å². The Morgan fingerprint density at radius 2 is 0.694 bits per heavy atom. The molecule has 6 atom stereocenters. The number of para-hydroxylation sites is 4. The molecule has 4 aliphatic rings. The highest BCUT2D eigenvalue weighted by molar-refractivity contribution is 7.57. The predicted molar refractivity (Wildman–Crippen MR) is 207 cm³/mol. The van der Waals surface area contributed by atoms with Gasteiger partial charge in [0.2, 0.25) is 16.9 Å². The molecular formula is C41H50N4O2P2. The fourth-order valence-electron chi connectivity index (χ4n) is 8.60. The lowest BCUT2D eigenvalue weighted by Gasteiger charge is -2.36. The number of fused-ring (bicyclic) bond motifs is 2. The Labute approximate surface area is 295 Å². The molecule has 4 aromatic carbocycles. The van der Waals surface area contributed by atoms with Crippen LogP contribution in [0.4, 0.5) is 22.7 Å². The molecule has 8 heteroatoms. The van der Waals surface area contributed by atoms with Gasteiger partial charge in [0.25, 0.3) is 0 Å². The molecule has 2 heterocycles. The summed E-state index contributed by atoms with van der Waals surface area (Å²) in [4.78, 5) is 0. The van der Waals surface area contributed by atoms with Crippen molar-refractivity contribution >= 4 is 39.6 Å². The molecule has 2 aliphatic heterocycles. The van der Waals surface area contributed by atoms with E-state index >= 15 is 0 Å². The zero-order chi connectivity index (χ0) is 33.2. The van der Waals surface area contributed by atoms with Crippen LogP contribution < -0.4 is 18.7 Å². The smallest absolute Gasteiger partial charge is 0.249 e. The van der Waals surface area contributed by atoms with Crippen molar-refractivity contribution in [3.8, 4) is 0 Å². The van der Waals surface area contributed by atoms with Crippen molar-refractivity contribution in [2.75, 3.05) is 18.7 Å². The van der Waals surface area contributed by atoms with E-state index in [2.05, 4.69) is 154 Å². The molecule has 0 amide bonds. The van der Waals surface area contributed by atoms with Gasteiger partial charge in [-0.05, 0) is 88.1 Å². The summed E-state index contributed by atoms with van der Waals surface area (Å²) in [5.41, 5.74) is 5.09. The normalized spacial score (nSPS) is 25.7. The van der Waals surface area contributed by atoms with Crippen molar-refractivity contribution in [2.24, 2.45) is 0 Å². The summed E-state index contributed by atoms with van der Waals surface area (Å²) in [7, 11) is -2.13. The van der Waals surface area contributed by atoms with Crippen LogP contribution in [0.3, 0.4) is 0 Å². The molecule has 0 bridgehead atoms. The Kier molecular flexibility index (Phi) is 10.1. The van der Waals surface area contributed by atoms with Crippen LogP contribution in [0.15, 0.2) is 121 Å². The summed E-state index contributed by atoms with van der Waals surface area (Å²) in [6.07, 6.45) is 10.8. The fourth-order valence-corrected chi connectivity index (χ4v) is 13.7. The van der Waals surface area contributed by atoms with Crippen molar-refractivity contribution in [1.29, 1.82) is 0 Å². The number of hydrogen-bond acceptors (Lipinski definition) is 6. The van der Waals surface area contributed by atoms with Gasteiger partial charge in [-0.2, -0.15) is 0 Å². The van der Waals surface area contributed by atoms with Crippen molar-refractivity contribution in [3.05, 3.63) is 121 Å². The van der Waals surface area contributed by atoms with E-state index in [0.717, 1.165) is 6.42 Å². The summed E-state index contributed by atoms with van der Waals surface area (Å²) < 4.78 is 25.2. The molecule has 0 radical (unpaired) electrons. The second-order valence-corrected chi connectivity index (χ2v) is 17.3. The minimum Gasteiger partial charge on any atom is -0.319 e. The van der Waals surface area contributed by atoms with Crippen LogP contribution in [-0.4, -0.2) is 36.4 Å². The van der Waals surface area contributed by atoms with E-state index in [1.165, 1.54) is 74.1 Å². The van der Waals surface area contributed by atoms with E-state index in [1.807, 2.05) is 0 Å². The summed E-state index contributed by atoms with van der Waals surface area (Å²) >= 11 is 0. The summed E-state index contributed by atoms with van der Waals surface area (Å²) in [6.45, 7) is 4.53. The summed E-state index contributed by atoms with van der Waals surface area (Å²) in [6, 6.07) is 45.8. The zero-order valence-corrected chi connectivity index (χ0v) is 30.7. The van der Waals surface area contributed by atoms with Crippen LogP contribution in [0.1, 0.15) is 71.6 Å². The molecular weight excluding hydrogens is 642 g/mol. The molecule has 0 spiro atoms. The first-order valence-corrected chi connectivity index (χ1v) is 20.8. The SMILES string of the molecule is C[C@@H](C[C@H](C)OP1N(c2ccccc2)[C@H]2CCCC[C@@H]2N1c1ccccc1)OP1N(c2ccccc2)[C@H]2CCCC[C@@H]2N1c1ccccc1. The minimum absolute atomic E-state index is 0.0221. The van der Waals surface area contributed by atoms with Gasteiger partial charge in [-0.1, -0.05) is 98.5 Å². The van der Waals surface area contributed by atoms with Gasteiger partial charge in [0.05, 0.1) is 36.4 Å². The van der Waals surface area contributed by atoms with Crippen LogP contribution >= 0.6 is 16.9 Å². The maximum absolute atomic E-state index is 7.31. The molecule has 4 fully saturated rings. The molecule has 49 heavy (non-hydrogen) atoms. The first kappa shape index (κ1) is 33.0. The van der Waals surface area contributed by atoms with Crippen molar-refractivity contribution in [1.82, 2.24) is 0 Å². The van der Waals surface area contributed by atoms with Crippen molar-refractivity contribution < 1.29 is 9.05 Å². The minimum atomic E-state index is -1.07. The lowest BCUT2D eigenvalue weighted by atomic mass is 9.90. The van der Waals surface area contributed by atoms with E-state index in [4.69, 9.17) is 9.05 Å². The lowest BCUT2D eigenvalue weighted by molar-refractivity contribution is 0.150. The first-order valence-electron chi connectivity index (χ1n) is 18.5. The molecule has 4 aromatic rings. The monoisotopic (exact) mass is 692 g/mol. The average molecular weight is 693 g/mol. The molecule has 2 saturated carbocycles. The molecule has 2 aliphatic carbocycles. The van der Waals surface area contributed by atoms with Gasteiger partial charge in [0, 0.05) is 29.2 Å². The number of benzene rings is 4. The summed E-state index contributed by atoms with van der Waals surface area (Å²) in [5.74, 6) is 0. The molecule has 0 unspecified atom stereocenters. The average Bonchev–Trinajstić information content (AvgIpc) is 3.64. The molecule has 0 N–H and O–H groups in total. The van der Waals surface area contributed by atoms with Gasteiger partial charge in [-0.3, -0.25) is 0 Å². The first-order chi connectivity index (χ1) is 24.2. The lowest BCUT2D eigenvalue weighted by Crippen LogP contribution is -2.40. The number of hydrogen-bond donors (Lipinski definition) is 0. The van der Waals surface area contributed by atoms with Gasteiger partial charge < -0.3 is 27.7 Å². The third kappa shape index (κ3) is 6.71. The van der Waals surface area contributed by atoms with Crippen LogP contribution in [-0.2, 0) is 9.05 Å². The van der Waals surface area contributed by atoms with E-state index < -0.39 is 16.9 Å². The fraction of sp³-hybridized carbons (Fsp3) is 0.415. The Morgan fingerprint density at radius 3 is 0.939 bits per heavy atom. The Balaban J connectivity index is 1.07. The van der Waals surface area contributed by atoms with Crippen LogP contribution in [0.5, 0.6) is 0 Å². The van der Waals surface area contributed by atoms with Crippen molar-refractivity contribution in [2.45, 2.75) is 108 Å². The van der Waals surface area contributed by atoms with Crippen LogP contribution in [0.2, 0.25) is 0 Å². The topological polar surface area (TPSA) is 31.4 Å². The second-order valence-electron chi connectivity index (χ2n) is 14.1. The van der Waals surface area contributed by atoms with Crippen LogP contribution in [0.25, 0.3) is 0 Å². The van der Waals surface area contributed by atoms with Gasteiger partial charge in [-0.15, -0.1) is 0 Å². The Bertz CT molecular complexity index is 1390. The quantitative estimate of drug-likeness (QED) is 0.154. The molecule has 8 rings (SSSR count). The van der Waals surface area contributed by atoms with Gasteiger partial charge >= 0.3 is 0 Å². The number of anilines is 4. The zero-order valence-electron chi connectivity index (χ0n) is 28.9. The maximum atomic E-state index is 7.31. The second kappa shape index (κ2) is 15.0. The number of rotatable bonds is 10. The van der Waals surface area contributed by atoms with Crippen LogP contribution in [0, 0.1) is 0 Å². The van der Waals surface area contributed by atoms with E-state index in [1.54, 1.807) is 0 Å². The predicted octanol–water partition coefficient (Wildman–Crippen LogP) is 11.3. The molecule has 0 aromatic heterocycles. The molecule has 6 nitrogen and oxygen atoms in total. The standard InChI is InChI=1S/C41H50N4O2P2/c1-32(46-48-42(34-19-7-3-8-20-34)38-27-15-16-28-39(38)43(48)35-21-9-4-10-22-35)31-33(2)47-49-44(36-23-11-5-12-24-36)40-29-17-18-30-41(40)45(49)37-25-13-6-14-26-37/h3-14,19-26,32-33,38-41H,15-18,27-31H2,1-2H3/t32-,33-,38-,39-,40-,41-/m0/s1.